The molecular weight excluding hydrogens is 703 g/mol. The number of hydrogen-bond donors (Lipinski definition) is 0. The maximum Gasteiger partial charge on any atom is 0.143 e. The highest BCUT2D eigenvalue weighted by Gasteiger charge is 2.39. The van der Waals surface area contributed by atoms with Crippen LogP contribution in [0, 0.1) is 0 Å². The molecular formula is C56H37NO. The molecule has 0 N–H and O–H groups in total. The van der Waals surface area contributed by atoms with E-state index in [2.05, 4.69) is 211 Å². The molecule has 2 heteroatoms. The molecule has 2 aliphatic rings. The predicted molar refractivity (Wildman–Crippen MR) is 244 cm³/mol. The molecule has 12 rings (SSSR count). The highest BCUT2D eigenvalue weighted by Crippen LogP contribution is 2.52. The molecule has 2 unspecified atom stereocenters. The fourth-order valence-electron chi connectivity index (χ4n) is 9.92. The van der Waals surface area contributed by atoms with Crippen LogP contribution in [0.1, 0.15) is 11.5 Å². The molecule has 0 radical (unpaired) electrons. The van der Waals surface area contributed by atoms with Crippen molar-refractivity contribution >= 4 is 54.9 Å². The van der Waals surface area contributed by atoms with Gasteiger partial charge in [0.2, 0.25) is 0 Å². The second kappa shape index (κ2) is 13.1. The van der Waals surface area contributed by atoms with Crippen LogP contribution in [-0.2, 0) is 0 Å². The standard InChI is InChI=1S/C56H37NO/c1-2-15-36(16-3-1)53-44-20-4-6-22-46(44)54(47-23-7-5-21-45(47)53)37-31-33-40(34-32-37)57-50-28-10-8-24-49(50)55-41(25-14-29-51(55)57)38-17-12-18-39(35-38)42-26-13-27-48-43-19-9-11-30-52(43)58-56(42)48/h1-35,49-50H. The van der Waals surface area contributed by atoms with Crippen molar-refractivity contribution in [2.24, 2.45) is 0 Å². The highest BCUT2D eigenvalue weighted by molar-refractivity contribution is 6.21. The predicted octanol–water partition coefficient (Wildman–Crippen LogP) is 15.3. The van der Waals surface area contributed by atoms with Gasteiger partial charge in [0.15, 0.2) is 0 Å². The lowest BCUT2D eigenvalue weighted by Crippen LogP contribution is -2.28. The van der Waals surface area contributed by atoms with Gasteiger partial charge in [-0.3, -0.25) is 0 Å². The van der Waals surface area contributed by atoms with E-state index in [1.54, 1.807) is 0 Å². The number of rotatable bonds is 5. The molecule has 2 atom stereocenters. The first-order chi connectivity index (χ1) is 28.8. The molecule has 1 aliphatic heterocycles. The Morgan fingerprint density at radius 2 is 0.931 bits per heavy atom. The normalized spacial score (nSPS) is 15.8. The minimum Gasteiger partial charge on any atom is -0.455 e. The lowest BCUT2D eigenvalue weighted by atomic mass is 9.85. The molecule has 0 amide bonds. The third-order valence-corrected chi connectivity index (χ3v) is 12.4. The van der Waals surface area contributed by atoms with Gasteiger partial charge >= 0.3 is 0 Å². The minimum absolute atomic E-state index is 0.172. The third-order valence-electron chi connectivity index (χ3n) is 12.4. The number of fused-ring (bicyclic) bond motifs is 8. The van der Waals surface area contributed by atoms with E-state index in [-0.39, 0.29) is 12.0 Å². The van der Waals surface area contributed by atoms with Crippen molar-refractivity contribution in [3.63, 3.8) is 0 Å². The van der Waals surface area contributed by atoms with Gasteiger partial charge in [-0.05, 0) is 96.4 Å². The first-order valence-corrected chi connectivity index (χ1v) is 20.2. The van der Waals surface area contributed by atoms with Crippen LogP contribution in [0.3, 0.4) is 0 Å². The number of para-hydroxylation sites is 2. The van der Waals surface area contributed by atoms with Crippen molar-refractivity contribution in [2.45, 2.75) is 12.0 Å². The molecule has 0 saturated carbocycles. The van der Waals surface area contributed by atoms with Crippen molar-refractivity contribution < 1.29 is 4.42 Å². The van der Waals surface area contributed by atoms with Crippen LogP contribution in [0.15, 0.2) is 217 Å². The second-order valence-electron chi connectivity index (χ2n) is 15.5. The largest absolute Gasteiger partial charge is 0.455 e. The number of furan rings is 1. The van der Waals surface area contributed by atoms with Gasteiger partial charge in [-0.15, -0.1) is 0 Å². The summed E-state index contributed by atoms with van der Waals surface area (Å²) in [5.74, 6) is 0.219. The Labute approximate surface area is 337 Å². The first-order valence-electron chi connectivity index (χ1n) is 20.2. The molecule has 1 aromatic heterocycles. The summed E-state index contributed by atoms with van der Waals surface area (Å²) in [6.07, 6.45) is 9.16. The highest BCUT2D eigenvalue weighted by atomic mass is 16.3. The summed E-state index contributed by atoms with van der Waals surface area (Å²) in [5.41, 5.74) is 15.4. The molecule has 10 aromatic rings. The zero-order valence-corrected chi connectivity index (χ0v) is 31.7. The van der Waals surface area contributed by atoms with Crippen molar-refractivity contribution in [2.75, 3.05) is 4.90 Å². The zero-order chi connectivity index (χ0) is 38.2. The number of allylic oxidation sites excluding steroid dienone is 2. The molecule has 2 nitrogen and oxygen atoms in total. The van der Waals surface area contributed by atoms with Crippen LogP contribution in [0.4, 0.5) is 11.4 Å². The Hall–Kier alpha value is -7.42. The quantitative estimate of drug-likeness (QED) is 0.163. The Bertz CT molecular complexity index is 3240. The van der Waals surface area contributed by atoms with Crippen LogP contribution in [0.2, 0.25) is 0 Å². The minimum atomic E-state index is 0.172. The topological polar surface area (TPSA) is 16.4 Å². The van der Waals surface area contributed by atoms with E-state index >= 15 is 0 Å². The second-order valence-corrected chi connectivity index (χ2v) is 15.5. The van der Waals surface area contributed by atoms with Gasteiger partial charge in [0.1, 0.15) is 11.2 Å². The van der Waals surface area contributed by atoms with E-state index in [4.69, 9.17) is 4.42 Å². The van der Waals surface area contributed by atoms with Crippen LogP contribution in [0.5, 0.6) is 0 Å². The molecule has 2 heterocycles. The number of hydrogen-bond acceptors (Lipinski definition) is 2. The van der Waals surface area contributed by atoms with Crippen molar-refractivity contribution in [3.8, 4) is 44.5 Å². The van der Waals surface area contributed by atoms with Crippen LogP contribution in [0.25, 0.3) is 88.0 Å². The van der Waals surface area contributed by atoms with E-state index in [0.717, 1.165) is 33.1 Å². The van der Waals surface area contributed by atoms with Gasteiger partial charge in [0.25, 0.3) is 0 Å². The van der Waals surface area contributed by atoms with Crippen LogP contribution in [-0.4, -0.2) is 6.04 Å². The molecule has 58 heavy (non-hydrogen) atoms. The van der Waals surface area contributed by atoms with Crippen molar-refractivity contribution in [3.05, 3.63) is 218 Å². The summed E-state index contributed by atoms with van der Waals surface area (Å²) in [5, 5.41) is 7.37. The summed E-state index contributed by atoms with van der Waals surface area (Å²) in [7, 11) is 0. The third kappa shape index (κ3) is 4.98. The van der Waals surface area contributed by atoms with Gasteiger partial charge < -0.3 is 9.32 Å². The number of nitrogens with zero attached hydrogens (tertiary/aromatic N) is 1. The van der Waals surface area contributed by atoms with E-state index in [9.17, 15) is 0 Å². The fourth-order valence-corrected chi connectivity index (χ4v) is 9.92. The summed E-state index contributed by atoms with van der Waals surface area (Å²) < 4.78 is 6.47. The summed E-state index contributed by atoms with van der Waals surface area (Å²) in [4.78, 5) is 2.54. The summed E-state index contributed by atoms with van der Waals surface area (Å²) in [6.45, 7) is 0. The molecule has 0 fully saturated rings. The lowest BCUT2D eigenvalue weighted by Gasteiger charge is -2.29. The van der Waals surface area contributed by atoms with Gasteiger partial charge in [-0.1, -0.05) is 182 Å². The Morgan fingerprint density at radius 1 is 0.397 bits per heavy atom. The van der Waals surface area contributed by atoms with Gasteiger partial charge in [0, 0.05) is 33.6 Å². The smallest absolute Gasteiger partial charge is 0.143 e. The van der Waals surface area contributed by atoms with Gasteiger partial charge in [0.05, 0.1) is 6.04 Å². The first kappa shape index (κ1) is 32.8. The van der Waals surface area contributed by atoms with Crippen molar-refractivity contribution in [1.82, 2.24) is 0 Å². The molecule has 0 spiro atoms. The van der Waals surface area contributed by atoms with E-state index in [1.807, 2.05) is 6.07 Å². The average Bonchev–Trinajstić information content (AvgIpc) is 3.85. The van der Waals surface area contributed by atoms with Crippen LogP contribution >= 0.6 is 0 Å². The molecule has 9 aromatic carbocycles. The SMILES string of the molecule is C1=CC2c3c(-c4cccc(-c5cccc6c5oc5ccccc56)c4)cccc3N(c3ccc(-c4c5ccccc5c(-c5ccccc5)c5ccccc45)cc3)C2C=C1. The van der Waals surface area contributed by atoms with E-state index < -0.39 is 0 Å². The Morgan fingerprint density at radius 3 is 1.66 bits per heavy atom. The maximum atomic E-state index is 6.47. The van der Waals surface area contributed by atoms with Gasteiger partial charge in [-0.2, -0.15) is 0 Å². The van der Waals surface area contributed by atoms with Crippen LogP contribution < -0.4 is 4.90 Å². The summed E-state index contributed by atoms with van der Waals surface area (Å²) in [6, 6.07) is 68.7. The van der Waals surface area contributed by atoms with Gasteiger partial charge in [-0.25, -0.2) is 0 Å². The summed E-state index contributed by atoms with van der Waals surface area (Å²) >= 11 is 0. The zero-order valence-electron chi connectivity index (χ0n) is 31.7. The van der Waals surface area contributed by atoms with E-state index in [0.29, 0.717) is 0 Å². The van der Waals surface area contributed by atoms with E-state index in [1.165, 1.54) is 71.9 Å². The molecule has 272 valence electrons. The monoisotopic (exact) mass is 739 g/mol. The maximum absolute atomic E-state index is 6.47. The lowest BCUT2D eigenvalue weighted by molar-refractivity contribution is 0.670. The number of anilines is 2. The Balaban J connectivity index is 0.968. The Kier molecular flexibility index (Phi) is 7.39. The molecule has 1 aliphatic carbocycles. The number of benzene rings is 9. The molecule has 0 bridgehead atoms. The van der Waals surface area contributed by atoms with Crippen molar-refractivity contribution in [1.29, 1.82) is 0 Å². The molecule has 0 saturated heterocycles. The fraction of sp³-hybridized carbons (Fsp3) is 0.0357. The average molecular weight is 740 g/mol.